The van der Waals surface area contributed by atoms with Gasteiger partial charge in [0, 0.05) is 26.2 Å². The van der Waals surface area contributed by atoms with E-state index in [0.29, 0.717) is 38.8 Å². The zero-order chi connectivity index (χ0) is 20.3. The number of nitrogens with two attached hydrogens (primary N) is 1. The van der Waals surface area contributed by atoms with E-state index in [-0.39, 0.29) is 5.56 Å². The second-order valence-electron chi connectivity index (χ2n) is 8.38. The third-order valence-corrected chi connectivity index (χ3v) is 7.83. The Morgan fingerprint density at radius 3 is 2.66 bits per heavy atom. The molecule has 154 valence electrons. The predicted octanol–water partition coefficient (Wildman–Crippen LogP) is 2.81. The number of hydrazine groups is 1. The van der Waals surface area contributed by atoms with Crippen molar-refractivity contribution >= 4 is 35.0 Å². The SMILES string of the molecule is Cn1c(N2CCC3(CC[C@@H]3N)CC2)nc2c(c1=O)C(c1cccc(Cl)c1Cl)NN2. The van der Waals surface area contributed by atoms with Gasteiger partial charge in [0.2, 0.25) is 5.95 Å². The van der Waals surface area contributed by atoms with E-state index in [4.69, 9.17) is 33.9 Å². The van der Waals surface area contributed by atoms with Crippen LogP contribution in [0.25, 0.3) is 0 Å². The highest BCUT2D eigenvalue weighted by Crippen LogP contribution is 2.48. The van der Waals surface area contributed by atoms with Crippen molar-refractivity contribution < 1.29 is 0 Å². The van der Waals surface area contributed by atoms with Crippen LogP contribution in [0, 0.1) is 5.41 Å². The van der Waals surface area contributed by atoms with Crippen LogP contribution in [0.4, 0.5) is 11.8 Å². The van der Waals surface area contributed by atoms with Crippen LogP contribution in [-0.4, -0.2) is 28.7 Å². The van der Waals surface area contributed by atoms with Crippen LogP contribution in [0.3, 0.4) is 0 Å². The summed E-state index contributed by atoms with van der Waals surface area (Å²) in [5, 5.41) is 0.892. The van der Waals surface area contributed by atoms with Crippen molar-refractivity contribution in [3.05, 3.63) is 49.7 Å². The molecule has 1 aromatic heterocycles. The number of anilines is 2. The van der Waals surface area contributed by atoms with Gasteiger partial charge in [0.15, 0.2) is 5.82 Å². The topological polar surface area (TPSA) is 88.2 Å². The van der Waals surface area contributed by atoms with Gasteiger partial charge in [-0.2, -0.15) is 4.98 Å². The van der Waals surface area contributed by atoms with Gasteiger partial charge in [-0.05, 0) is 42.7 Å². The van der Waals surface area contributed by atoms with Crippen molar-refractivity contribution in [2.24, 2.45) is 18.2 Å². The lowest BCUT2D eigenvalue weighted by Crippen LogP contribution is -2.56. The van der Waals surface area contributed by atoms with E-state index in [1.165, 1.54) is 6.42 Å². The maximum atomic E-state index is 13.3. The molecule has 2 fully saturated rings. The van der Waals surface area contributed by atoms with Crippen LogP contribution >= 0.6 is 23.2 Å². The highest BCUT2D eigenvalue weighted by atomic mass is 35.5. The summed E-state index contributed by atoms with van der Waals surface area (Å²) < 4.78 is 1.64. The lowest BCUT2D eigenvalue weighted by atomic mass is 9.60. The number of hydrogen-bond donors (Lipinski definition) is 3. The maximum Gasteiger partial charge on any atom is 0.262 e. The summed E-state index contributed by atoms with van der Waals surface area (Å²) in [6.07, 6.45) is 4.44. The molecule has 4 N–H and O–H groups in total. The van der Waals surface area contributed by atoms with Crippen molar-refractivity contribution in [2.75, 3.05) is 23.4 Å². The predicted molar refractivity (Wildman–Crippen MR) is 116 cm³/mol. The van der Waals surface area contributed by atoms with Gasteiger partial charge in [0.1, 0.15) is 0 Å². The Morgan fingerprint density at radius 1 is 1.24 bits per heavy atom. The van der Waals surface area contributed by atoms with Gasteiger partial charge in [0.05, 0.1) is 21.7 Å². The fraction of sp³-hybridized carbons (Fsp3) is 0.500. The Kier molecular flexibility index (Phi) is 4.55. The lowest BCUT2D eigenvalue weighted by Gasteiger charge is -2.52. The molecule has 2 aliphatic heterocycles. The summed E-state index contributed by atoms with van der Waals surface area (Å²) in [4.78, 5) is 20.2. The lowest BCUT2D eigenvalue weighted by molar-refractivity contribution is 0.0607. The Bertz CT molecular complexity index is 1030. The number of piperidine rings is 1. The van der Waals surface area contributed by atoms with Crippen LogP contribution < -0.4 is 27.0 Å². The van der Waals surface area contributed by atoms with Crippen molar-refractivity contribution in [1.29, 1.82) is 0 Å². The highest BCUT2D eigenvalue weighted by Gasteiger charge is 2.46. The number of nitrogens with one attached hydrogen (secondary N) is 2. The van der Waals surface area contributed by atoms with E-state index in [9.17, 15) is 4.79 Å². The molecule has 0 bridgehead atoms. The standard InChI is InChI=1S/C20H24Cl2N6O/c1-27-18(29)14-16(11-3-2-4-12(21)15(11)22)25-26-17(14)24-19(27)28-9-7-20(8-10-28)6-5-13(20)23/h2-4,13,16,25-26H,5-10,23H2,1H3/t13-,16?/m0/s1. The van der Waals surface area contributed by atoms with Gasteiger partial charge in [-0.25, -0.2) is 5.43 Å². The summed E-state index contributed by atoms with van der Waals surface area (Å²) in [5.41, 5.74) is 14.0. The van der Waals surface area contributed by atoms with Crippen molar-refractivity contribution in [2.45, 2.75) is 37.8 Å². The molecule has 1 aromatic carbocycles. The second-order valence-corrected chi connectivity index (χ2v) is 9.16. The summed E-state index contributed by atoms with van der Waals surface area (Å²) in [5.74, 6) is 1.23. The first-order chi connectivity index (χ1) is 13.9. The molecule has 7 nitrogen and oxygen atoms in total. The van der Waals surface area contributed by atoms with Crippen LogP contribution in [0.15, 0.2) is 23.0 Å². The third kappa shape index (κ3) is 2.86. The number of benzene rings is 1. The number of halogens is 2. The molecule has 9 heteroatoms. The van der Waals surface area contributed by atoms with E-state index in [2.05, 4.69) is 15.8 Å². The minimum absolute atomic E-state index is 0.0934. The molecule has 1 saturated carbocycles. The molecule has 3 aliphatic rings. The smallest absolute Gasteiger partial charge is 0.262 e. The molecular weight excluding hydrogens is 411 g/mol. The Hall–Kier alpha value is -1.80. The van der Waals surface area contributed by atoms with Crippen molar-refractivity contribution in [1.82, 2.24) is 15.0 Å². The molecule has 5 rings (SSSR count). The highest BCUT2D eigenvalue weighted by molar-refractivity contribution is 6.42. The third-order valence-electron chi connectivity index (χ3n) is 7.00. The van der Waals surface area contributed by atoms with Crippen LogP contribution in [0.5, 0.6) is 0 Å². The fourth-order valence-corrected chi connectivity index (χ4v) is 5.34. The molecular formula is C20H24Cl2N6O. The first-order valence-corrected chi connectivity index (χ1v) is 10.7. The van der Waals surface area contributed by atoms with Crippen LogP contribution in [-0.2, 0) is 7.05 Å². The molecule has 3 heterocycles. The largest absolute Gasteiger partial charge is 0.342 e. The summed E-state index contributed by atoms with van der Waals surface area (Å²) in [6, 6.07) is 5.32. The van der Waals surface area contributed by atoms with Gasteiger partial charge in [0.25, 0.3) is 5.56 Å². The van der Waals surface area contributed by atoms with Gasteiger partial charge in [-0.3, -0.25) is 9.36 Å². The van der Waals surface area contributed by atoms with E-state index < -0.39 is 6.04 Å². The summed E-state index contributed by atoms with van der Waals surface area (Å²) in [7, 11) is 1.78. The van der Waals surface area contributed by atoms with Gasteiger partial charge in [-0.15, -0.1) is 0 Å². The maximum absolute atomic E-state index is 13.3. The molecule has 29 heavy (non-hydrogen) atoms. The van der Waals surface area contributed by atoms with E-state index in [0.717, 1.165) is 37.9 Å². The Labute approximate surface area is 179 Å². The first-order valence-electron chi connectivity index (χ1n) is 9.98. The summed E-state index contributed by atoms with van der Waals surface area (Å²) >= 11 is 12.6. The molecule has 2 atom stereocenters. The number of nitrogens with zero attached hydrogens (tertiary/aromatic N) is 3. The number of rotatable bonds is 2. The fourth-order valence-electron chi connectivity index (χ4n) is 4.93. The van der Waals surface area contributed by atoms with Crippen LogP contribution in [0.2, 0.25) is 10.0 Å². The zero-order valence-corrected chi connectivity index (χ0v) is 17.7. The van der Waals surface area contributed by atoms with E-state index >= 15 is 0 Å². The molecule has 0 radical (unpaired) electrons. The average Bonchev–Trinajstić information content (AvgIpc) is 3.15. The molecule has 1 spiro atoms. The normalized spacial score (nSPS) is 24.9. The van der Waals surface area contributed by atoms with Crippen molar-refractivity contribution in [3.8, 4) is 0 Å². The molecule has 1 saturated heterocycles. The van der Waals surface area contributed by atoms with E-state index in [1.807, 2.05) is 12.1 Å². The molecule has 2 aromatic rings. The zero-order valence-electron chi connectivity index (χ0n) is 16.2. The Morgan fingerprint density at radius 2 is 2.00 bits per heavy atom. The second kappa shape index (κ2) is 6.87. The average molecular weight is 435 g/mol. The Balaban J connectivity index is 1.47. The number of fused-ring (bicyclic) bond motifs is 1. The molecule has 1 aliphatic carbocycles. The monoisotopic (exact) mass is 434 g/mol. The summed E-state index contributed by atoms with van der Waals surface area (Å²) in [6.45, 7) is 1.73. The van der Waals surface area contributed by atoms with Crippen LogP contribution in [0.1, 0.15) is 42.9 Å². The van der Waals surface area contributed by atoms with Gasteiger partial charge >= 0.3 is 0 Å². The van der Waals surface area contributed by atoms with Crippen molar-refractivity contribution in [3.63, 3.8) is 0 Å². The van der Waals surface area contributed by atoms with Gasteiger partial charge in [-0.1, -0.05) is 35.3 Å². The molecule has 1 unspecified atom stereocenters. The van der Waals surface area contributed by atoms with Gasteiger partial charge < -0.3 is 16.1 Å². The first kappa shape index (κ1) is 19.2. The number of aromatic nitrogens is 2. The quantitative estimate of drug-likeness (QED) is 0.673. The minimum Gasteiger partial charge on any atom is -0.342 e. The number of hydrogen-bond acceptors (Lipinski definition) is 6. The van der Waals surface area contributed by atoms with E-state index in [1.54, 1.807) is 17.7 Å². The minimum atomic E-state index is -0.408. The molecule has 0 amide bonds.